The molecule has 3 aromatic carbocycles. The van der Waals surface area contributed by atoms with Crippen LogP contribution in [0, 0.1) is 0 Å². The molecule has 0 aliphatic heterocycles. The van der Waals surface area contributed by atoms with E-state index in [2.05, 4.69) is 23.5 Å². The third-order valence-electron chi connectivity index (χ3n) is 5.66. The van der Waals surface area contributed by atoms with Crippen molar-refractivity contribution in [2.75, 3.05) is 6.54 Å². The Morgan fingerprint density at radius 2 is 1.78 bits per heavy atom. The van der Waals surface area contributed by atoms with Gasteiger partial charge in [0.2, 0.25) is 0 Å². The highest BCUT2D eigenvalue weighted by atomic mass is 19.4. The van der Waals surface area contributed by atoms with Gasteiger partial charge >= 0.3 is 12.1 Å². The topological polar surface area (TPSA) is 70.9 Å². The molecule has 2 N–H and O–H groups in total. The van der Waals surface area contributed by atoms with E-state index in [0.717, 1.165) is 29.2 Å². The second kappa shape index (κ2) is 12.9. The van der Waals surface area contributed by atoms with Crippen molar-refractivity contribution in [1.29, 1.82) is 0 Å². The quantitative estimate of drug-likeness (QED) is 0.176. The number of hydrogen-bond donors (Lipinski definition) is 2. The molecule has 0 radical (unpaired) electrons. The summed E-state index contributed by atoms with van der Waals surface area (Å²) in [6, 6.07) is 18.7. The van der Waals surface area contributed by atoms with Crippen LogP contribution >= 0.6 is 0 Å². The van der Waals surface area contributed by atoms with E-state index in [-0.39, 0.29) is 18.6 Å². The van der Waals surface area contributed by atoms with Gasteiger partial charge in [0.25, 0.3) is 0 Å². The summed E-state index contributed by atoms with van der Waals surface area (Å²) in [5.41, 5.74) is 3.60. The Bertz CT molecular complexity index is 1180. The molecule has 0 atom stereocenters. The number of hydrogen-bond acceptors (Lipinski definition) is 4. The summed E-state index contributed by atoms with van der Waals surface area (Å²) in [5, 5.41) is 15.8. The van der Waals surface area contributed by atoms with Crippen LogP contribution in [0.3, 0.4) is 0 Å². The largest absolute Gasteiger partial charge is 0.481 e. The first-order valence-corrected chi connectivity index (χ1v) is 11.7. The number of rotatable bonds is 12. The van der Waals surface area contributed by atoms with Gasteiger partial charge in [0.1, 0.15) is 6.61 Å². The lowest BCUT2D eigenvalue weighted by Gasteiger charge is -2.14. The van der Waals surface area contributed by atoms with Crippen LogP contribution in [-0.2, 0) is 41.8 Å². The summed E-state index contributed by atoms with van der Waals surface area (Å²) in [5.74, 6) is -0.833. The van der Waals surface area contributed by atoms with Crippen molar-refractivity contribution in [3.63, 3.8) is 0 Å². The van der Waals surface area contributed by atoms with Crippen molar-refractivity contribution >= 4 is 12.2 Å². The lowest BCUT2D eigenvalue weighted by Crippen LogP contribution is -2.18. The standard InChI is InChI=1S/C28H29F3N2O3/c1-2-22-16-20(8-10-24(22)18-32-14-13-27(34)35)12-15-33-36-19-21-9-11-25(23-6-4-3-5-7-23)26(17-21)28(29,30)31/h3-11,15-17,32H,2,12-14,18-19H2,1H3,(H,34,35). The molecule has 0 aliphatic rings. The van der Waals surface area contributed by atoms with E-state index in [0.29, 0.717) is 30.6 Å². The summed E-state index contributed by atoms with van der Waals surface area (Å²) in [7, 11) is 0. The van der Waals surface area contributed by atoms with Crippen molar-refractivity contribution in [2.24, 2.45) is 5.16 Å². The predicted octanol–water partition coefficient (Wildman–Crippen LogP) is 6.24. The number of oxime groups is 1. The maximum absolute atomic E-state index is 13.7. The summed E-state index contributed by atoms with van der Waals surface area (Å²) < 4.78 is 41.0. The maximum atomic E-state index is 13.7. The molecule has 5 nitrogen and oxygen atoms in total. The summed E-state index contributed by atoms with van der Waals surface area (Å²) in [6.45, 7) is 2.98. The molecule has 0 amide bonds. The highest BCUT2D eigenvalue weighted by Gasteiger charge is 2.34. The second-order valence-electron chi connectivity index (χ2n) is 8.29. The van der Waals surface area contributed by atoms with E-state index < -0.39 is 17.7 Å². The normalized spacial score (nSPS) is 11.7. The third kappa shape index (κ3) is 7.95. The van der Waals surface area contributed by atoms with Gasteiger partial charge in [-0.25, -0.2) is 0 Å². The van der Waals surface area contributed by atoms with Gasteiger partial charge in [-0.05, 0) is 45.9 Å². The minimum atomic E-state index is -4.49. The summed E-state index contributed by atoms with van der Waals surface area (Å²) >= 11 is 0. The van der Waals surface area contributed by atoms with E-state index in [1.165, 1.54) is 6.07 Å². The third-order valence-corrected chi connectivity index (χ3v) is 5.66. The van der Waals surface area contributed by atoms with E-state index >= 15 is 0 Å². The molecule has 0 unspecified atom stereocenters. The Hall–Kier alpha value is -3.65. The number of aryl methyl sites for hydroxylation is 1. The van der Waals surface area contributed by atoms with Crippen LogP contribution in [0.2, 0.25) is 0 Å². The highest BCUT2D eigenvalue weighted by Crippen LogP contribution is 2.37. The van der Waals surface area contributed by atoms with Gasteiger partial charge in [0, 0.05) is 25.7 Å². The zero-order valence-electron chi connectivity index (χ0n) is 20.0. The van der Waals surface area contributed by atoms with Crippen LogP contribution in [0.1, 0.15) is 41.2 Å². The second-order valence-corrected chi connectivity index (χ2v) is 8.29. The molecule has 0 aromatic heterocycles. The van der Waals surface area contributed by atoms with Crippen molar-refractivity contribution in [3.8, 4) is 11.1 Å². The molecular weight excluding hydrogens is 469 g/mol. The average molecular weight is 499 g/mol. The summed E-state index contributed by atoms with van der Waals surface area (Å²) in [4.78, 5) is 15.9. The minimum Gasteiger partial charge on any atom is -0.481 e. The van der Waals surface area contributed by atoms with Crippen LogP contribution in [0.4, 0.5) is 13.2 Å². The van der Waals surface area contributed by atoms with Crippen LogP contribution in [0.25, 0.3) is 11.1 Å². The Morgan fingerprint density at radius 1 is 1.03 bits per heavy atom. The van der Waals surface area contributed by atoms with Crippen LogP contribution in [0.15, 0.2) is 71.9 Å². The molecule has 36 heavy (non-hydrogen) atoms. The molecule has 0 aliphatic carbocycles. The molecule has 0 saturated carbocycles. The number of benzene rings is 3. The number of carboxylic acid groups (broad SMARTS) is 1. The Balaban J connectivity index is 1.57. The number of aliphatic carboxylic acids is 1. The van der Waals surface area contributed by atoms with Gasteiger partial charge in [-0.2, -0.15) is 13.2 Å². The number of carboxylic acids is 1. The Kier molecular flexibility index (Phi) is 9.64. The molecule has 0 heterocycles. The van der Waals surface area contributed by atoms with Crippen LogP contribution in [0.5, 0.6) is 0 Å². The smallest absolute Gasteiger partial charge is 0.417 e. The minimum absolute atomic E-state index is 0.0736. The molecule has 8 heteroatoms. The number of nitrogens with zero attached hydrogens (tertiary/aromatic N) is 1. The number of alkyl halides is 3. The maximum Gasteiger partial charge on any atom is 0.417 e. The fraction of sp³-hybridized carbons (Fsp3) is 0.286. The van der Waals surface area contributed by atoms with Gasteiger partial charge in [0.15, 0.2) is 0 Å². The van der Waals surface area contributed by atoms with E-state index in [4.69, 9.17) is 9.94 Å². The first kappa shape index (κ1) is 26.9. The molecule has 0 saturated heterocycles. The molecule has 3 rings (SSSR count). The van der Waals surface area contributed by atoms with Gasteiger partial charge in [-0.15, -0.1) is 0 Å². The monoisotopic (exact) mass is 498 g/mol. The van der Waals surface area contributed by atoms with E-state index in [9.17, 15) is 18.0 Å². The average Bonchev–Trinajstić information content (AvgIpc) is 2.86. The molecule has 3 aromatic rings. The van der Waals surface area contributed by atoms with Crippen molar-refractivity contribution in [3.05, 3.63) is 94.5 Å². The fourth-order valence-electron chi connectivity index (χ4n) is 3.82. The molecular formula is C28H29F3N2O3. The first-order valence-electron chi connectivity index (χ1n) is 11.7. The number of nitrogens with one attached hydrogen (secondary N) is 1. The highest BCUT2D eigenvalue weighted by molar-refractivity contribution is 5.68. The molecule has 0 spiro atoms. The van der Waals surface area contributed by atoms with Crippen molar-refractivity contribution in [1.82, 2.24) is 5.32 Å². The number of halogens is 3. The SMILES string of the molecule is CCc1cc(CC=NOCc2ccc(-c3ccccc3)c(C(F)(F)F)c2)ccc1CNCCC(=O)O. The molecule has 190 valence electrons. The zero-order valence-corrected chi connectivity index (χ0v) is 20.0. The molecule has 0 fully saturated rings. The van der Waals surface area contributed by atoms with Gasteiger partial charge < -0.3 is 15.3 Å². The van der Waals surface area contributed by atoms with E-state index in [1.54, 1.807) is 42.6 Å². The van der Waals surface area contributed by atoms with Gasteiger partial charge in [0.05, 0.1) is 12.0 Å². The zero-order chi connectivity index (χ0) is 26.0. The van der Waals surface area contributed by atoms with Crippen molar-refractivity contribution < 1.29 is 27.9 Å². The fourth-order valence-corrected chi connectivity index (χ4v) is 3.82. The van der Waals surface area contributed by atoms with Crippen LogP contribution < -0.4 is 5.32 Å². The van der Waals surface area contributed by atoms with Crippen LogP contribution in [-0.4, -0.2) is 23.8 Å². The molecule has 0 bridgehead atoms. The van der Waals surface area contributed by atoms with E-state index in [1.807, 2.05) is 12.1 Å². The van der Waals surface area contributed by atoms with Gasteiger partial charge in [-0.1, -0.05) is 72.7 Å². The lowest BCUT2D eigenvalue weighted by atomic mass is 9.97. The predicted molar refractivity (Wildman–Crippen MR) is 134 cm³/mol. The Labute approximate surface area is 208 Å². The Morgan fingerprint density at radius 3 is 2.47 bits per heavy atom. The summed E-state index contributed by atoms with van der Waals surface area (Å²) in [6.07, 6.45) is -1.48. The lowest BCUT2D eigenvalue weighted by molar-refractivity contribution is -0.138. The first-order chi connectivity index (χ1) is 17.3. The van der Waals surface area contributed by atoms with Gasteiger partial charge in [-0.3, -0.25) is 4.79 Å². The van der Waals surface area contributed by atoms with Crippen molar-refractivity contribution in [2.45, 2.75) is 45.5 Å². The number of carbonyl (C=O) groups is 1.